The quantitative estimate of drug-likeness (QED) is 0.747. The van der Waals surface area contributed by atoms with E-state index >= 15 is 0 Å². The number of phenolic OH excluding ortho intramolecular Hbond substituents is 1. The summed E-state index contributed by atoms with van der Waals surface area (Å²) in [6.45, 7) is 4.97. The van der Waals surface area contributed by atoms with E-state index in [4.69, 9.17) is 5.73 Å². The summed E-state index contributed by atoms with van der Waals surface area (Å²) in [5, 5.41) is 12.2. The van der Waals surface area contributed by atoms with Crippen LogP contribution in [-0.4, -0.2) is 24.1 Å². The van der Waals surface area contributed by atoms with Gasteiger partial charge in [-0.05, 0) is 30.5 Å². The van der Waals surface area contributed by atoms with Crippen LogP contribution in [0.3, 0.4) is 0 Å². The fourth-order valence-corrected chi connectivity index (χ4v) is 1.59. The van der Waals surface area contributed by atoms with Crippen LogP contribution in [0.25, 0.3) is 0 Å². The van der Waals surface area contributed by atoms with Crippen molar-refractivity contribution in [2.24, 2.45) is 11.1 Å². The highest BCUT2D eigenvalue weighted by atomic mass is 19.1. The maximum Gasteiger partial charge on any atom is 0.255 e. The Hall–Kier alpha value is -1.62. The second-order valence-corrected chi connectivity index (χ2v) is 5.05. The molecule has 4 N–H and O–H groups in total. The van der Waals surface area contributed by atoms with Crippen molar-refractivity contribution in [3.63, 3.8) is 0 Å². The molecule has 0 saturated carbocycles. The van der Waals surface area contributed by atoms with Gasteiger partial charge in [0, 0.05) is 12.6 Å². The van der Waals surface area contributed by atoms with E-state index in [-0.39, 0.29) is 16.7 Å². The summed E-state index contributed by atoms with van der Waals surface area (Å²) in [5.41, 5.74) is 5.44. The minimum absolute atomic E-state index is 0.0694. The zero-order valence-electron chi connectivity index (χ0n) is 10.7. The number of nitrogens with one attached hydrogen (secondary N) is 1. The molecule has 1 rings (SSSR count). The van der Waals surface area contributed by atoms with Gasteiger partial charge in [-0.1, -0.05) is 13.8 Å². The van der Waals surface area contributed by atoms with Crippen LogP contribution in [0.5, 0.6) is 5.75 Å². The Labute approximate surface area is 106 Å². The van der Waals surface area contributed by atoms with Crippen molar-refractivity contribution >= 4 is 5.91 Å². The van der Waals surface area contributed by atoms with E-state index in [0.717, 1.165) is 18.6 Å². The van der Waals surface area contributed by atoms with E-state index in [1.807, 2.05) is 13.8 Å². The molecule has 4 nitrogen and oxygen atoms in total. The second kappa shape index (κ2) is 5.82. The molecule has 0 aliphatic carbocycles. The van der Waals surface area contributed by atoms with Crippen molar-refractivity contribution in [2.45, 2.75) is 20.3 Å². The highest BCUT2D eigenvalue weighted by Gasteiger charge is 2.19. The molecule has 0 fully saturated rings. The van der Waals surface area contributed by atoms with Crippen LogP contribution in [0.2, 0.25) is 0 Å². The van der Waals surface area contributed by atoms with E-state index in [0.29, 0.717) is 13.1 Å². The molecule has 1 aromatic rings. The van der Waals surface area contributed by atoms with Crippen molar-refractivity contribution in [1.82, 2.24) is 5.32 Å². The summed E-state index contributed by atoms with van der Waals surface area (Å²) in [6.07, 6.45) is 0.780. The van der Waals surface area contributed by atoms with Crippen LogP contribution in [-0.2, 0) is 0 Å². The van der Waals surface area contributed by atoms with E-state index in [2.05, 4.69) is 5.32 Å². The molecule has 0 heterocycles. The Bertz CT molecular complexity index is 433. The lowest BCUT2D eigenvalue weighted by molar-refractivity contribution is 0.0932. The van der Waals surface area contributed by atoms with Gasteiger partial charge in [0.2, 0.25) is 0 Å². The largest absolute Gasteiger partial charge is 0.507 e. The van der Waals surface area contributed by atoms with Crippen LogP contribution in [0.1, 0.15) is 30.6 Å². The Morgan fingerprint density at radius 2 is 2.17 bits per heavy atom. The number of rotatable bonds is 5. The molecule has 5 heteroatoms. The lowest BCUT2D eigenvalue weighted by atomic mass is 9.89. The second-order valence-electron chi connectivity index (χ2n) is 5.05. The van der Waals surface area contributed by atoms with Gasteiger partial charge in [0.15, 0.2) is 0 Å². The molecule has 0 saturated heterocycles. The van der Waals surface area contributed by atoms with Crippen LogP contribution >= 0.6 is 0 Å². The number of hydrogen-bond donors (Lipinski definition) is 3. The summed E-state index contributed by atoms with van der Waals surface area (Å²) in [4.78, 5) is 11.8. The first-order chi connectivity index (χ1) is 8.35. The molecule has 0 aliphatic rings. The average molecular weight is 254 g/mol. The number of aromatic hydroxyl groups is 1. The molecular formula is C13H19FN2O2. The van der Waals surface area contributed by atoms with E-state index < -0.39 is 11.7 Å². The van der Waals surface area contributed by atoms with Crippen molar-refractivity contribution in [2.75, 3.05) is 13.1 Å². The third-order valence-corrected chi connectivity index (χ3v) is 2.75. The van der Waals surface area contributed by atoms with Crippen LogP contribution in [0.15, 0.2) is 18.2 Å². The van der Waals surface area contributed by atoms with Gasteiger partial charge in [-0.25, -0.2) is 4.39 Å². The van der Waals surface area contributed by atoms with Gasteiger partial charge >= 0.3 is 0 Å². The van der Waals surface area contributed by atoms with Crippen LogP contribution in [0, 0.1) is 11.2 Å². The Morgan fingerprint density at radius 3 is 2.72 bits per heavy atom. The molecular weight excluding hydrogens is 235 g/mol. The number of nitrogens with two attached hydrogens (primary N) is 1. The van der Waals surface area contributed by atoms with Gasteiger partial charge in [-0.3, -0.25) is 4.79 Å². The standard InChI is InChI=1S/C13H19FN2O2/c1-13(2,5-6-15)8-16-12(18)10-4-3-9(14)7-11(10)17/h3-4,7,17H,5-6,8,15H2,1-2H3,(H,16,18). The van der Waals surface area contributed by atoms with E-state index in [1.165, 1.54) is 6.07 Å². The topological polar surface area (TPSA) is 75.3 Å². The maximum absolute atomic E-state index is 12.8. The number of phenols is 1. The molecule has 1 amide bonds. The van der Waals surface area contributed by atoms with E-state index in [1.54, 1.807) is 0 Å². The zero-order valence-corrected chi connectivity index (χ0v) is 10.7. The number of carbonyl (C=O) groups is 1. The monoisotopic (exact) mass is 254 g/mol. The molecule has 100 valence electrons. The van der Waals surface area contributed by atoms with Gasteiger partial charge in [-0.2, -0.15) is 0 Å². The molecule has 0 aliphatic heterocycles. The lowest BCUT2D eigenvalue weighted by Crippen LogP contribution is -2.35. The van der Waals surface area contributed by atoms with Gasteiger partial charge < -0.3 is 16.2 Å². The Kier molecular flexibility index (Phi) is 4.67. The third-order valence-electron chi connectivity index (χ3n) is 2.75. The highest BCUT2D eigenvalue weighted by molar-refractivity contribution is 5.96. The minimum atomic E-state index is -0.576. The molecule has 0 bridgehead atoms. The summed E-state index contributed by atoms with van der Waals surface area (Å²) in [7, 11) is 0. The first kappa shape index (κ1) is 14.4. The van der Waals surface area contributed by atoms with Gasteiger partial charge in [0.1, 0.15) is 11.6 Å². The zero-order chi connectivity index (χ0) is 13.8. The normalized spacial score (nSPS) is 11.3. The van der Waals surface area contributed by atoms with E-state index in [9.17, 15) is 14.3 Å². The number of carbonyl (C=O) groups excluding carboxylic acids is 1. The van der Waals surface area contributed by atoms with Gasteiger partial charge in [0.25, 0.3) is 5.91 Å². The first-order valence-electron chi connectivity index (χ1n) is 5.82. The molecule has 18 heavy (non-hydrogen) atoms. The molecule has 0 spiro atoms. The summed E-state index contributed by atoms with van der Waals surface area (Å²) < 4.78 is 12.8. The average Bonchev–Trinajstić information content (AvgIpc) is 2.26. The Balaban J connectivity index is 2.66. The molecule has 0 atom stereocenters. The minimum Gasteiger partial charge on any atom is -0.507 e. The predicted octanol–water partition coefficient (Wildman–Crippen LogP) is 1.64. The van der Waals surface area contributed by atoms with Crippen LogP contribution < -0.4 is 11.1 Å². The van der Waals surface area contributed by atoms with Crippen molar-refractivity contribution in [3.05, 3.63) is 29.6 Å². The highest BCUT2D eigenvalue weighted by Crippen LogP contribution is 2.20. The fraction of sp³-hybridized carbons (Fsp3) is 0.462. The fourth-order valence-electron chi connectivity index (χ4n) is 1.59. The summed E-state index contributed by atoms with van der Waals surface area (Å²) >= 11 is 0. The number of benzene rings is 1. The number of hydrogen-bond acceptors (Lipinski definition) is 3. The SMILES string of the molecule is CC(C)(CCN)CNC(=O)c1ccc(F)cc1O. The number of amides is 1. The molecule has 0 unspecified atom stereocenters. The van der Waals surface area contributed by atoms with Crippen molar-refractivity contribution < 1.29 is 14.3 Å². The first-order valence-corrected chi connectivity index (χ1v) is 5.82. The molecule has 0 radical (unpaired) electrons. The Morgan fingerprint density at radius 1 is 1.50 bits per heavy atom. The van der Waals surface area contributed by atoms with Crippen molar-refractivity contribution in [3.8, 4) is 5.75 Å². The van der Waals surface area contributed by atoms with Crippen LogP contribution in [0.4, 0.5) is 4.39 Å². The van der Waals surface area contributed by atoms with Crippen molar-refractivity contribution in [1.29, 1.82) is 0 Å². The van der Waals surface area contributed by atoms with Gasteiger partial charge in [-0.15, -0.1) is 0 Å². The maximum atomic E-state index is 12.8. The molecule has 0 aromatic heterocycles. The summed E-state index contributed by atoms with van der Waals surface area (Å²) in [5.74, 6) is -1.35. The predicted molar refractivity (Wildman–Crippen MR) is 67.9 cm³/mol. The molecule has 1 aromatic carbocycles. The summed E-state index contributed by atoms with van der Waals surface area (Å²) in [6, 6.07) is 3.32. The smallest absolute Gasteiger partial charge is 0.255 e. The third kappa shape index (κ3) is 4.00. The lowest BCUT2D eigenvalue weighted by Gasteiger charge is -2.24. The van der Waals surface area contributed by atoms with Gasteiger partial charge in [0.05, 0.1) is 5.56 Å². The number of halogens is 1.